The lowest BCUT2D eigenvalue weighted by atomic mass is 9.92. The van der Waals surface area contributed by atoms with E-state index in [2.05, 4.69) is 38.1 Å². The fraction of sp³-hybridized carbons (Fsp3) is 0.467. The Labute approximate surface area is 93.0 Å². The van der Waals surface area contributed by atoms with E-state index in [9.17, 15) is 0 Å². The van der Waals surface area contributed by atoms with Crippen molar-refractivity contribution in [3.05, 3.63) is 40.5 Å². The van der Waals surface area contributed by atoms with E-state index >= 15 is 0 Å². The second-order valence-corrected chi connectivity index (χ2v) is 4.72. The van der Waals surface area contributed by atoms with Crippen LogP contribution in [0.15, 0.2) is 23.8 Å². The quantitative estimate of drug-likeness (QED) is 0.619. The lowest BCUT2D eigenvalue weighted by molar-refractivity contribution is 0.602. The molecule has 0 bridgehead atoms. The summed E-state index contributed by atoms with van der Waals surface area (Å²) in [4.78, 5) is 0. The van der Waals surface area contributed by atoms with Crippen molar-refractivity contribution in [1.82, 2.24) is 0 Å². The Bertz CT molecular complexity index is 364. The van der Waals surface area contributed by atoms with Gasteiger partial charge in [-0.05, 0) is 50.7 Å². The molecule has 0 heterocycles. The molecule has 1 fully saturated rings. The minimum Gasteiger partial charge on any atom is -0.0696 e. The Balaban J connectivity index is 2.25. The molecule has 1 aromatic rings. The number of benzene rings is 1. The van der Waals surface area contributed by atoms with Crippen LogP contribution in [0.2, 0.25) is 0 Å². The first-order valence-corrected chi connectivity index (χ1v) is 6.02. The topological polar surface area (TPSA) is 0 Å². The maximum Gasteiger partial charge on any atom is -0.0225 e. The lowest BCUT2D eigenvalue weighted by Crippen LogP contribution is -1.94. The molecule has 0 unspecified atom stereocenters. The third-order valence-electron chi connectivity index (χ3n) is 3.29. The number of rotatable bonds is 1. The van der Waals surface area contributed by atoms with Crippen molar-refractivity contribution >= 4 is 6.08 Å². The maximum absolute atomic E-state index is 2.42. The van der Waals surface area contributed by atoms with Crippen LogP contribution in [0.5, 0.6) is 0 Å². The Hall–Kier alpha value is -1.04. The standard InChI is InChI=1S/C15H20/c1-12-8-9-13(2)15(10-12)11-14-6-4-3-5-7-14/h8-11H,3-7H2,1-2H3. The molecule has 1 aromatic carbocycles. The average Bonchev–Trinajstić information content (AvgIpc) is 2.25. The minimum absolute atomic E-state index is 1.31. The monoisotopic (exact) mass is 200 g/mol. The van der Waals surface area contributed by atoms with Gasteiger partial charge in [-0.2, -0.15) is 0 Å². The second kappa shape index (κ2) is 4.65. The van der Waals surface area contributed by atoms with Crippen LogP contribution in [0.3, 0.4) is 0 Å². The van der Waals surface area contributed by atoms with Crippen LogP contribution >= 0.6 is 0 Å². The number of hydrogen-bond acceptors (Lipinski definition) is 0. The van der Waals surface area contributed by atoms with Crippen LogP contribution in [0.1, 0.15) is 48.8 Å². The Morgan fingerprint density at radius 3 is 2.47 bits per heavy atom. The predicted molar refractivity (Wildman–Crippen MR) is 67.0 cm³/mol. The van der Waals surface area contributed by atoms with Crippen LogP contribution in [0.25, 0.3) is 6.08 Å². The summed E-state index contributed by atoms with van der Waals surface area (Å²) < 4.78 is 0. The second-order valence-electron chi connectivity index (χ2n) is 4.72. The minimum atomic E-state index is 1.31. The van der Waals surface area contributed by atoms with Gasteiger partial charge in [0.15, 0.2) is 0 Å². The zero-order valence-corrected chi connectivity index (χ0v) is 9.84. The molecule has 0 saturated heterocycles. The summed E-state index contributed by atoms with van der Waals surface area (Å²) in [5.41, 5.74) is 5.84. The molecule has 0 aliphatic heterocycles. The Morgan fingerprint density at radius 2 is 1.73 bits per heavy atom. The van der Waals surface area contributed by atoms with E-state index in [-0.39, 0.29) is 0 Å². The molecule has 1 saturated carbocycles. The molecule has 2 rings (SSSR count). The van der Waals surface area contributed by atoms with Crippen LogP contribution in [0.4, 0.5) is 0 Å². The SMILES string of the molecule is Cc1ccc(C)c(C=C2CCCCC2)c1. The van der Waals surface area contributed by atoms with Crippen LogP contribution < -0.4 is 0 Å². The van der Waals surface area contributed by atoms with Gasteiger partial charge < -0.3 is 0 Å². The molecule has 15 heavy (non-hydrogen) atoms. The summed E-state index contributed by atoms with van der Waals surface area (Å²) in [7, 11) is 0. The molecular formula is C15H20. The molecule has 0 nitrogen and oxygen atoms in total. The van der Waals surface area contributed by atoms with Gasteiger partial charge in [-0.3, -0.25) is 0 Å². The Morgan fingerprint density at radius 1 is 1.00 bits per heavy atom. The highest BCUT2D eigenvalue weighted by Crippen LogP contribution is 2.26. The average molecular weight is 200 g/mol. The smallest absolute Gasteiger partial charge is 0.0225 e. The van der Waals surface area contributed by atoms with E-state index in [1.165, 1.54) is 48.8 Å². The van der Waals surface area contributed by atoms with Crippen molar-refractivity contribution in [2.24, 2.45) is 0 Å². The van der Waals surface area contributed by atoms with Crippen LogP contribution in [0, 0.1) is 13.8 Å². The molecule has 1 aliphatic rings. The normalized spacial score (nSPS) is 16.5. The third kappa shape index (κ3) is 2.71. The number of hydrogen-bond donors (Lipinski definition) is 0. The fourth-order valence-corrected chi connectivity index (χ4v) is 2.29. The van der Waals surface area contributed by atoms with Gasteiger partial charge in [-0.15, -0.1) is 0 Å². The summed E-state index contributed by atoms with van der Waals surface area (Å²) in [6, 6.07) is 6.72. The molecule has 0 radical (unpaired) electrons. The van der Waals surface area contributed by atoms with Gasteiger partial charge in [0.2, 0.25) is 0 Å². The van der Waals surface area contributed by atoms with Crippen molar-refractivity contribution in [2.45, 2.75) is 46.0 Å². The first kappa shape index (κ1) is 10.5. The molecule has 0 amide bonds. The summed E-state index contributed by atoms with van der Waals surface area (Å²) in [6.45, 7) is 4.37. The van der Waals surface area contributed by atoms with E-state index in [1.54, 1.807) is 5.57 Å². The van der Waals surface area contributed by atoms with Gasteiger partial charge in [0.05, 0.1) is 0 Å². The highest BCUT2D eigenvalue weighted by Gasteiger charge is 2.05. The highest BCUT2D eigenvalue weighted by atomic mass is 14.1. The van der Waals surface area contributed by atoms with Gasteiger partial charge in [0.1, 0.15) is 0 Å². The first-order valence-electron chi connectivity index (χ1n) is 6.02. The number of aryl methyl sites for hydroxylation is 2. The summed E-state index contributed by atoms with van der Waals surface area (Å²) in [5, 5.41) is 0. The molecular weight excluding hydrogens is 180 g/mol. The van der Waals surface area contributed by atoms with E-state index in [4.69, 9.17) is 0 Å². The summed E-state index contributed by atoms with van der Waals surface area (Å²) in [6.07, 6.45) is 9.24. The van der Waals surface area contributed by atoms with E-state index in [0.717, 1.165) is 0 Å². The zero-order valence-electron chi connectivity index (χ0n) is 9.84. The maximum atomic E-state index is 2.42. The van der Waals surface area contributed by atoms with Crippen molar-refractivity contribution in [1.29, 1.82) is 0 Å². The first-order chi connectivity index (χ1) is 7.25. The number of allylic oxidation sites excluding steroid dienone is 1. The molecule has 0 aromatic heterocycles. The van der Waals surface area contributed by atoms with Crippen molar-refractivity contribution in [3.63, 3.8) is 0 Å². The van der Waals surface area contributed by atoms with Gasteiger partial charge in [-0.25, -0.2) is 0 Å². The lowest BCUT2D eigenvalue weighted by Gasteiger charge is -2.14. The molecule has 0 atom stereocenters. The van der Waals surface area contributed by atoms with Gasteiger partial charge in [0.25, 0.3) is 0 Å². The van der Waals surface area contributed by atoms with E-state index in [1.807, 2.05) is 0 Å². The molecule has 80 valence electrons. The largest absolute Gasteiger partial charge is 0.0696 e. The van der Waals surface area contributed by atoms with E-state index in [0.29, 0.717) is 0 Å². The van der Waals surface area contributed by atoms with Gasteiger partial charge in [-0.1, -0.05) is 41.8 Å². The van der Waals surface area contributed by atoms with Crippen molar-refractivity contribution in [3.8, 4) is 0 Å². The molecule has 0 heteroatoms. The predicted octanol–water partition coefficient (Wildman–Crippen LogP) is 4.65. The van der Waals surface area contributed by atoms with Crippen LogP contribution in [-0.4, -0.2) is 0 Å². The summed E-state index contributed by atoms with van der Waals surface area (Å²) >= 11 is 0. The zero-order chi connectivity index (χ0) is 10.7. The van der Waals surface area contributed by atoms with Gasteiger partial charge in [0, 0.05) is 0 Å². The summed E-state index contributed by atoms with van der Waals surface area (Å²) in [5.74, 6) is 0. The molecule has 1 aliphatic carbocycles. The highest BCUT2D eigenvalue weighted by molar-refractivity contribution is 5.57. The fourth-order valence-electron chi connectivity index (χ4n) is 2.29. The van der Waals surface area contributed by atoms with Gasteiger partial charge >= 0.3 is 0 Å². The third-order valence-corrected chi connectivity index (χ3v) is 3.29. The molecule has 0 N–H and O–H groups in total. The van der Waals surface area contributed by atoms with E-state index < -0.39 is 0 Å². The van der Waals surface area contributed by atoms with Crippen molar-refractivity contribution < 1.29 is 0 Å². The van der Waals surface area contributed by atoms with Crippen molar-refractivity contribution in [2.75, 3.05) is 0 Å². The molecule has 0 spiro atoms. The van der Waals surface area contributed by atoms with Crippen LogP contribution in [-0.2, 0) is 0 Å². The Kier molecular flexibility index (Phi) is 3.25.